The van der Waals surface area contributed by atoms with Crippen molar-refractivity contribution < 1.29 is 4.52 Å². The summed E-state index contributed by atoms with van der Waals surface area (Å²) < 4.78 is 6.15. The first-order valence-corrected chi connectivity index (χ1v) is 6.42. The van der Waals surface area contributed by atoms with Crippen LogP contribution in [0.25, 0.3) is 0 Å². The fourth-order valence-corrected chi connectivity index (χ4v) is 2.03. The molecule has 0 saturated carbocycles. The Bertz CT molecular complexity index is 574. The lowest BCUT2D eigenvalue weighted by Crippen LogP contribution is -1.97. The zero-order chi connectivity index (χ0) is 13.0. The highest BCUT2D eigenvalue weighted by Crippen LogP contribution is 2.14. The quantitative estimate of drug-likeness (QED) is 0.870. The Labute approximate surface area is 114 Å². The number of aromatic nitrogens is 2. The van der Waals surface area contributed by atoms with Gasteiger partial charge in [0, 0.05) is 17.3 Å². The molecule has 1 aromatic carbocycles. The largest absolute Gasteiger partial charge is 0.339 e. The second-order valence-corrected chi connectivity index (χ2v) is 5.06. The van der Waals surface area contributed by atoms with E-state index in [1.54, 1.807) is 0 Å². The summed E-state index contributed by atoms with van der Waals surface area (Å²) in [6, 6.07) is 10.1. The third-order valence-corrected chi connectivity index (χ3v) is 2.96. The van der Waals surface area contributed by atoms with Crippen LogP contribution in [0.5, 0.6) is 0 Å². The van der Waals surface area contributed by atoms with Gasteiger partial charge in [0.2, 0.25) is 5.89 Å². The summed E-state index contributed by atoms with van der Waals surface area (Å²) in [6.07, 6.45) is 1.13. The normalized spacial score (nSPS) is 12.1. The van der Waals surface area contributed by atoms with E-state index in [2.05, 4.69) is 32.1 Å². The molecule has 1 atom stereocenters. The van der Waals surface area contributed by atoms with Gasteiger partial charge in [-0.3, -0.25) is 0 Å². The van der Waals surface area contributed by atoms with Crippen LogP contribution in [0, 0.1) is 17.2 Å². The van der Waals surface area contributed by atoms with Crippen LogP contribution in [0.2, 0.25) is 0 Å². The molecule has 0 aliphatic carbocycles. The fourth-order valence-electron chi connectivity index (χ4n) is 1.58. The van der Waals surface area contributed by atoms with Crippen LogP contribution >= 0.6 is 15.9 Å². The summed E-state index contributed by atoms with van der Waals surface area (Å²) in [7, 11) is 0. The van der Waals surface area contributed by atoms with E-state index < -0.39 is 0 Å². The molecule has 2 rings (SSSR count). The van der Waals surface area contributed by atoms with Crippen molar-refractivity contribution >= 4 is 15.9 Å². The smallest absolute Gasteiger partial charge is 0.227 e. The predicted molar refractivity (Wildman–Crippen MR) is 69.7 cm³/mol. The lowest BCUT2D eigenvalue weighted by atomic mass is 10.1. The lowest BCUT2D eigenvalue weighted by Gasteiger charge is -1.97. The molecule has 0 N–H and O–H groups in total. The zero-order valence-corrected chi connectivity index (χ0v) is 11.5. The Morgan fingerprint density at radius 2 is 2.33 bits per heavy atom. The number of benzene rings is 1. The molecular weight excluding hydrogens is 294 g/mol. The molecule has 92 valence electrons. The molecule has 0 spiro atoms. The summed E-state index contributed by atoms with van der Waals surface area (Å²) in [4.78, 5) is 4.28. The van der Waals surface area contributed by atoms with Gasteiger partial charge in [0.1, 0.15) is 0 Å². The van der Waals surface area contributed by atoms with E-state index in [1.807, 2.05) is 31.2 Å². The highest BCUT2D eigenvalue weighted by atomic mass is 79.9. The minimum Gasteiger partial charge on any atom is -0.339 e. The Balaban J connectivity index is 2.05. The number of nitrogens with zero attached hydrogens (tertiary/aromatic N) is 3. The van der Waals surface area contributed by atoms with Crippen LogP contribution in [-0.4, -0.2) is 10.1 Å². The molecule has 0 bridgehead atoms. The van der Waals surface area contributed by atoms with Crippen molar-refractivity contribution in [3.8, 4) is 6.07 Å². The van der Waals surface area contributed by atoms with Crippen LogP contribution in [-0.2, 0) is 12.8 Å². The molecule has 0 aliphatic rings. The fraction of sp³-hybridized carbons (Fsp3) is 0.308. The Hall–Kier alpha value is -1.67. The molecule has 1 heterocycles. The van der Waals surface area contributed by atoms with E-state index in [1.165, 1.54) is 0 Å². The lowest BCUT2D eigenvalue weighted by molar-refractivity contribution is 0.365. The first-order valence-electron chi connectivity index (χ1n) is 5.63. The Kier molecular flexibility index (Phi) is 4.11. The molecule has 18 heavy (non-hydrogen) atoms. The molecule has 5 heteroatoms. The summed E-state index contributed by atoms with van der Waals surface area (Å²) in [6.45, 7) is 1.83. The molecule has 4 nitrogen and oxygen atoms in total. The Morgan fingerprint density at radius 1 is 1.50 bits per heavy atom. The average Bonchev–Trinajstić information content (AvgIpc) is 2.76. The van der Waals surface area contributed by atoms with E-state index in [4.69, 9.17) is 9.78 Å². The maximum atomic E-state index is 8.72. The van der Waals surface area contributed by atoms with Crippen LogP contribution in [0.15, 0.2) is 33.3 Å². The second kappa shape index (κ2) is 5.78. The molecule has 0 amide bonds. The van der Waals surface area contributed by atoms with Gasteiger partial charge in [0.05, 0.1) is 12.0 Å². The van der Waals surface area contributed by atoms with Gasteiger partial charge in [-0.25, -0.2) is 0 Å². The van der Waals surface area contributed by atoms with Crippen LogP contribution in [0.1, 0.15) is 24.2 Å². The SMILES string of the molecule is CC(C#N)Cc1nc(Cc2cccc(Br)c2)no1. The van der Waals surface area contributed by atoms with Crippen molar-refractivity contribution in [2.24, 2.45) is 5.92 Å². The maximum Gasteiger partial charge on any atom is 0.227 e. The van der Waals surface area contributed by atoms with Gasteiger partial charge in [-0.15, -0.1) is 0 Å². The predicted octanol–water partition coefficient (Wildman–Crippen LogP) is 3.13. The molecule has 1 unspecified atom stereocenters. The third-order valence-electron chi connectivity index (χ3n) is 2.46. The molecule has 2 aromatic rings. The van der Waals surface area contributed by atoms with Crippen LogP contribution < -0.4 is 0 Å². The number of halogens is 1. The number of hydrogen-bond donors (Lipinski definition) is 0. The standard InChI is InChI=1S/C13H12BrN3O/c1-9(8-15)5-13-16-12(17-18-13)7-10-3-2-4-11(14)6-10/h2-4,6,9H,5,7H2,1H3. The maximum absolute atomic E-state index is 8.72. The molecule has 0 fully saturated rings. The molecule has 1 aromatic heterocycles. The highest BCUT2D eigenvalue weighted by molar-refractivity contribution is 9.10. The third kappa shape index (κ3) is 3.41. The van der Waals surface area contributed by atoms with Gasteiger partial charge in [0.15, 0.2) is 5.82 Å². The number of hydrogen-bond acceptors (Lipinski definition) is 4. The van der Waals surface area contributed by atoms with E-state index in [0.717, 1.165) is 10.0 Å². The molecule has 0 saturated heterocycles. The summed E-state index contributed by atoms with van der Waals surface area (Å²) >= 11 is 3.42. The van der Waals surface area contributed by atoms with E-state index in [9.17, 15) is 0 Å². The average molecular weight is 306 g/mol. The Morgan fingerprint density at radius 3 is 3.06 bits per heavy atom. The van der Waals surface area contributed by atoms with Gasteiger partial charge >= 0.3 is 0 Å². The summed E-state index contributed by atoms with van der Waals surface area (Å²) in [5.41, 5.74) is 1.12. The minimum atomic E-state index is -0.107. The summed E-state index contributed by atoms with van der Waals surface area (Å²) in [5.74, 6) is 1.06. The van der Waals surface area contributed by atoms with Gasteiger partial charge in [-0.05, 0) is 24.6 Å². The number of nitriles is 1. The van der Waals surface area contributed by atoms with Crippen molar-refractivity contribution in [3.63, 3.8) is 0 Å². The number of rotatable bonds is 4. The van der Waals surface area contributed by atoms with Gasteiger partial charge in [0.25, 0.3) is 0 Å². The second-order valence-electron chi connectivity index (χ2n) is 4.15. The van der Waals surface area contributed by atoms with Crippen molar-refractivity contribution in [1.29, 1.82) is 5.26 Å². The van der Waals surface area contributed by atoms with Gasteiger partial charge in [-0.1, -0.05) is 33.2 Å². The van der Waals surface area contributed by atoms with Crippen molar-refractivity contribution in [2.45, 2.75) is 19.8 Å². The topological polar surface area (TPSA) is 62.7 Å². The zero-order valence-electron chi connectivity index (χ0n) is 9.93. The van der Waals surface area contributed by atoms with E-state index in [-0.39, 0.29) is 5.92 Å². The van der Waals surface area contributed by atoms with Crippen molar-refractivity contribution in [3.05, 3.63) is 46.0 Å². The van der Waals surface area contributed by atoms with Crippen molar-refractivity contribution in [1.82, 2.24) is 10.1 Å². The van der Waals surface area contributed by atoms with Crippen LogP contribution in [0.4, 0.5) is 0 Å². The first kappa shape index (κ1) is 12.8. The van der Waals surface area contributed by atoms with Gasteiger partial charge in [-0.2, -0.15) is 10.2 Å². The van der Waals surface area contributed by atoms with Crippen molar-refractivity contribution in [2.75, 3.05) is 0 Å². The summed E-state index contributed by atoms with van der Waals surface area (Å²) in [5, 5.41) is 12.6. The highest BCUT2D eigenvalue weighted by Gasteiger charge is 2.10. The first-order chi connectivity index (χ1) is 8.67. The minimum absolute atomic E-state index is 0.107. The van der Waals surface area contributed by atoms with Crippen LogP contribution in [0.3, 0.4) is 0 Å². The van der Waals surface area contributed by atoms with Gasteiger partial charge < -0.3 is 4.52 Å². The van der Waals surface area contributed by atoms with E-state index >= 15 is 0 Å². The molecule has 0 aliphatic heterocycles. The molecule has 0 radical (unpaired) electrons. The molecular formula is C13H12BrN3O. The van der Waals surface area contributed by atoms with E-state index in [0.29, 0.717) is 24.6 Å². The monoisotopic (exact) mass is 305 g/mol.